The van der Waals surface area contributed by atoms with E-state index < -0.39 is 0 Å². The highest BCUT2D eigenvalue weighted by Crippen LogP contribution is 2.27. The largest absolute Gasteiger partial charge is 0.497 e. The number of hydrogen-bond acceptors (Lipinski definition) is 7. The molecule has 0 saturated heterocycles. The van der Waals surface area contributed by atoms with Gasteiger partial charge in [-0.1, -0.05) is 18.2 Å². The standard InChI is InChI=1S/C22H26N4O3/c1-27-18-6-4-5-16(13-18)9-11-23-22-24-12-10-21(26-22)25-15-17-7-8-19(28-2)20(14-17)29-3/h4-8,10,12-14H,9,11,15H2,1-3H3,(H2,23,24,25,26). The first-order valence-electron chi connectivity index (χ1n) is 9.36. The van der Waals surface area contributed by atoms with E-state index in [1.807, 2.05) is 42.5 Å². The van der Waals surface area contributed by atoms with Crippen molar-refractivity contribution in [3.05, 3.63) is 65.9 Å². The van der Waals surface area contributed by atoms with Gasteiger partial charge >= 0.3 is 0 Å². The van der Waals surface area contributed by atoms with Gasteiger partial charge in [0.1, 0.15) is 11.6 Å². The van der Waals surface area contributed by atoms with E-state index in [1.165, 1.54) is 5.56 Å². The molecule has 0 spiro atoms. The average molecular weight is 394 g/mol. The van der Waals surface area contributed by atoms with Gasteiger partial charge in [0.25, 0.3) is 0 Å². The van der Waals surface area contributed by atoms with Gasteiger partial charge in [0, 0.05) is 19.3 Å². The minimum atomic E-state index is 0.588. The highest BCUT2D eigenvalue weighted by atomic mass is 16.5. The van der Waals surface area contributed by atoms with Crippen LogP contribution in [0.2, 0.25) is 0 Å². The third-order valence-electron chi connectivity index (χ3n) is 4.41. The lowest BCUT2D eigenvalue weighted by atomic mass is 10.1. The number of rotatable bonds is 10. The molecular weight excluding hydrogens is 368 g/mol. The Hall–Kier alpha value is -3.48. The Bertz CT molecular complexity index is 933. The number of methoxy groups -OCH3 is 3. The fourth-order valence-electron chi connectivity index (χ4n) is 2.87. The van der Waals surface area contributed by atoms with Gasteiger partial charge < -0.3 is 24.8 Å². The number of benzene rings is 2. The van der Waals surface area contributed by atoms with E-state index in [0.717, 1.165) is 30.1 Å². The number of nitrogens with zero attached hydrogens (tertiary/aromatic N) is 2. The van der Waals surface area contributed by atoms with Crippen molar-refractivity contribution in [1.82, 2.24) is 9.97 Å². The maximum Gasteiger partial charge on any atom is 0.224 e. The number of hydrogen-bond donors (Lipinski definition) is 2. The lowest BCUT2D eigenvalue weighted by Gasteiger charge is -2.11. The first kappa shape index (κ1) is 20.3. The van der Waals surface area contributed by atoms with Crippen LogP contribution in [0.3, 0.4) is 0 Å². The zero-order chi connectivity index (χ0) is 20.5. The number of aromatic nitrogens is 2. The van der Waals surface area contributed by atoms with Crippen molar-refractivity contribution < 1.29 is 14.2 Å². The van der Waals surface area contributed by atoms with E-state index in [2.05, 4.69) is 26.7 Å². The van der Waals surface area contributed by atoms with Gasteiger partial charge in [0.05, 0.1) is 21.3 Å². The Labute approximate surface area is 171 Å². The lowest BCUT2D eigenvalue weighted by Crippen LogP contribution is -2.09. The second-order valence-corrected chi connectivity index (χ2v) is 6.34. The van der Waals surface area contributed by atoms with Crippen LogP contribution >= 0.6 is 0 Å². The van der Waals surface area contributed by atoms with E-state index in [1.54, 1.807) is 27.5 Å². The molecule has 0 aliphatic rings. The van der Waals surface area contributed by atoms with Crippen LogP contribution in [0.5, 0.6) is 17.2 Å². The maximum absolute atomic E-state index is 5.35. The Morgan fingerprint density at radius 1 is 0.828 bits per heavy atom. The zero-order valence-electron chi connectivity index (χ0n) is 16.9. The van der Waals surface area contributed by atoms with Gasteiger partial charge in [-0.15, -0.1) is 0 Å². The third-order valence-corrected chi connectivity index (χ3v) is 4.41. The third kappa shape index (κ3) is 5.75. The Kier molecular flexibility index (Phi) is 7.10. The molecule has 1 aromatic heterocycles. The minimum absolute atomic E-state index is 0.588. The maximum atomic E-state index is 5.35. The topological polar surface area (TPSA) is 77.5 Å². The summed E-state index contributed by atoms with van der Waals surface area (Å²) in [6.45, 7) is 1.34. The molecule has 1 heterocycles. The van der Waals surface area contributed by atoms with Gasteiger partial charge in [0.2, 0.25) is 5.95 Å². The predicted molar refractivity (Wildman–Crippen MR) is 114 cm³/mol. The van der Waals surface area contributed by atoms with Crippen molar-refractivity contribution in [3.63, 3.8) is 0 Å². The van der Waals surface area contributed by atoms with Crippen molar-refractivity contribution in [2.45, 2.75) is 13.0 Å². The molecule has 0 bridgehead atoms. The summed E-state index contributed by atoms with van der Waals surface area (Å²) in [7, 11) is 4.92. The Morgan fingerprint density at radius 2 is 1.69 bits per heavy atom. The van der Waals surface area contributed by atoms with Gasteiger partial charge in [0.15, 0.2) is 11.5 Å². The van der Waals surface area contributed by atoms with E-state index in [0.29, 0.717) is 24.0 Å². The number of nitrogens with one attached hydrogen (secondary N) is 2. The normalized spacial score (nSPS) is 10.3. The molecule has 3 rings (SSSR count). The second kappa shape index (κ2) is 10.2. The van der Waals surface area contributed by atoms with E-state index in [4.69, 9.17) is 14.2 Å². The molecule has 29 heavy (non-hydrogen) atoms. The summed E-state index contributed by atoms with van der Waals surface area (Å²) in [5.74, 6) is 3.61. The van der Waals surface area contributed by atoms with Crippen LogP contribution in [0.4, 0.5) is 11.8 Å². The van der Waals surface area contributed by atoms with Crippen molar-refractivity contribution in [2.75, 3.05) is 38.5 Å². The van der Waals surface area contributed by atoms with Crippen molar-refractivity contribution >= 4 is 11.8 Å². The van der Waals surface area contributed by atoms with Gasteiger partial charge in [-0.05, 0) is 47.9 Å². The van der Waals surface area contributed by atoms with Gasteiger partial charge in [-0.2, -0.15) is 4.98 Å². The smallest absolute Gasteiger partial charge is 0.224 e. The monoisotopic (exact) mass is 394 g/mol. The summed E-state index contributed by atoms with van der Waals surface area (Å²) >= 11 is 0. The van der Waals surface area contributed by atoms with Crippen molar-refractivity contribution in [3.8, 4) is 17.2 Å². The average Bonchev–Trinajstić information content (AvgIpc) is 2.78. The van der Waals surface area contributed by atoms with E-state index in [9.17, 15) is 0 Å². The summed E-state index contributed by atoms with van der Waals surface area (Å²) in [4.78, 5) is 8.80. The van der Waals surface area contributed by atoms with Crippen LogP contribution in [0.25, 0.3) is 0 Å². The fraction of sp³-hybridized carbons (Fsp3) is 0.273. The minimum Gasteiger partial charge on any atom is -0.497 e. The molecule has 0 radical (unpaired) electrons. The molecule has 2 aromatic carbocycles. The zero-order valence-corrected chi connectivity index (χ0v) is 16.9. The second-order valence-electron chi connectivity index (χ2n) is 6.34. The SMILES string of the molecule is COc1cccc(CCNc2nccc(NCc3ccc(OC)c(OC)c3)n2)c1. The highest BCUT2D eigenvalue weighted by Gasteiger charge is 2.05. The first-order chi connectivity index (χ1) is 14.2. The summed E-state index contributed by atoms with van der Waals surface area (Å²) in [5.41, 5.74) is 2.26. The Balaban J connectivity index is 1.54. The molecule has 7 heteroatoms. The van der Waals surface area contributed by atoms with Crippen LogP contribution < -0.4 is 24.8 Å². The molecule has 152 valence electrons. The summed E-state index contributed by atoms with van der Waals surface area (Å²) < 4.78 is 15.9. The highest BCUT2D eigenvalue weighted by molar-refractivity contribution is 5.45. The molecule has 0 saturated carbocycles. The molecule has 0 aliphatic carbocycles. The predicted octanol–water partition coefficient (Wildman–Crippen LogP) is 3.77. The summed E-state index contributed by atoms with van der Waals surface area (Å²) in [6.07, 6.45) is 2.58. The molecule has 0 unspecified atom stereocenters. The molecule has 0 atom stereocenters. The molecule has 3 aromatic rings. The summed E-state index contributed by atoms with van der Waals surface area (Å²) in [6, 6.07) is 15.7. The van der Waals surface area contributed by atoms with Crippen molar-refractivity contribution in [1.29, 1.82) is 0 Å². The molecule has 2 N–H and O–H groups in total. The quantitative estimate of drug-likeness (QED) is 0.542. The molecule has 0 amide bonds. The molecule has 7 nitrogen and oxygen atoms in total. The van der Waals surface area contributed by atoms with Crippen LogP contribution in [0.15, 0.2) is 54.7 Å². The number of anilines is 2. The van der Waals surface area contributed by atoms with E-state index in [-0.39, 0.29) is 0 Å². The molecule has 0 aliphatic heterocycles. The van der Waals surface area contributed by atoms with Gasteiger partial charge in [-0.25, -0.2) is 4.98 Å². The fourth-order valence-corrected chi connectivity index (χ4v) is 2.87. The van der Waals surface area contributed by atoms with Crippen LogP contribution in [-0.4, -0.2) is 37.8 Å². The Morgan fingerprint density at radius 3 is 2.48 bits per heavy atom. The summed E-state index contributed by atoms with van der Waals surface area (Å²) in [5, 5.41) is 6.57. The van der Waals surface area contributed by atoms with E-state index >= 15 is 0 Å². The molecule has 0 fully saturated rings. The number of ether oxygens (including phenoxy) is 3. The lowest BCUT2D eigenvalue weighted by molar-refractivity contribution is 0.354. The molecular formula is C22H26N4O3. The van der Waals surface area contributed by atoms with Crippen molar-refractivity contribution in [2.24, 2.45) is 0 Å². The van der Waals surface area contributed by atoms with Crippen LogP contribution in [-0.2, 0) is 13.0 Å². The van der Waals surface area contributed by atoms with Crippen LogP contribution in [0.1, 0.15) is 11.1 Å². The van der Waals surface area contributed by atoms with Crippen LogP contribution in [0, 0.1) is 0 Å². The first-order valence-corrected chi connectivity index (χ1v) is 9.36. The van der Waals surface area contributed by atoms with Gasteiger partial charge in [-0.3, -0.25) is 0 Å².